The number of urea groups is 1. The first-order chi connectivity index (χ1) is 9.79. The lowest BCUT2D eigenvalue weighted by Crippen LogP contribution is -2.52. The number of morpholine rings is 1. The Labute approximate surface area is 125 Å². The van der Waals surface area contributed by atoms with E-state index in [1.165, 1.54) is 0 Å². The summed E-state index contributed by atoms with van der Waals surface area (Å²) in [6, 6.07) is 3.57. The summed E-state index contributed by atoms with van der Waals surface area (Å²) in [7, 11) is 0. The number of ether oxygens (including phenoxy) is 1. The quantitative estimate of drug-likeness (QED) is 0.863. The molecule has 2 atom stereocenters. The van der Waals surface area contributed by atoms with Gasteiger partial charge in [-0.15, -0.1) is 5.10 Å². The van der Waals surface area contributed by atoms with Crippen LogP contribution in [-0.4, -0.2) is 46.4 Å². The minimum absolute atomic E-state index is 0.0406. The van der Waals surface area contributed by atoms with Gasteiger partial charge in [0, 0.05) is 12.0 Å². The van der Waals surface area contributed by atoms with E-state index >= 15 is 0 Å². The van der Waals surface area contributed by atoms with Crippen molar-refractivity contribution < 1.29 is 9.53 Å². The van der Waals surface area contributed by atoms with E-state index in [4.69, 9.17) is 4.74 Å². The maximum absolute atomic E-state index is 12.3. The number of rotatable bonds is 1. The summed E-state index contributed by atoms with van der Waals surface area (Å²) in [5.74, 6) is 0.472. The number of nitrogens with one attached hydrogen (secondary N) is 1. The van der Waals surface area contributed by atoms with Crippen LogP contribution in [0.25, 0.3) is 0 Å². The molecular weight excluding hydrogens is 268 g/mol. The van der Waals surface area contributed by atoms with Crippen molar-refractivity contribution in [1.29, 1.82) is 0 Å². The van der Waals surface area contributed by atoms with Crippen molar-refractivity contribution in [2.75, 3.05) is 18.5 Å². The Bertz CT molecular complexity index is 495. The number of aromatic nitrogens is 2. The number of anilines is 1. The highest BCUT2D eigenvalue weighted by atomic mass is 16.5. The highest BCUT2D eigenvalue weighted by Gasteiger charge is 2.29. The maximum atomic E-state index is 12.3. The Morgan fingerprint density at radius 1 is 1.33 bits per heavy atom. The molecule has 2 amide bonds. The van der Waals surface area contributed by atoms with E-state index in [-0.39, 0.29) is 23.6 Å². The van der Waals surface area contributed by atoms with Crippen molar-refractivity contribution in [3.05, 3.63) is 17.8 Å². The lowest BCUT2D eigenvalue weighted by Gasteiger charge is -2.37. The van der Waals surface area contributed by atoms with E-state index in [1.54, 1.807) is 11.0 Å². The van der Waals surface area contributed by atoms with Crippen LogP contribution in [0.15, 0.2) is 12.1 Å². The summed E-state index contributed by atoms with van der Waals surface area (Å²) < 4.78 is 5.52. The molecule has 1 aromatic heterocycles. The standard InChI is InChI=1S/C15H24N4O2/c1-10-11(2)21-9-8-19(10)14(20)16-13-7-6-12(17-18-13)15(3,4)5/h6-7,10-11H,8-9H2,1-5H3,(H,16,18,20)/t10-,11+/m1/s1. The summed E-state index contributed by atoms with van der Waals surface area (Å²) >= 11 is 0. The molecular formula is C15H24N4O2. The minimum atomic E-state index is -0.157. The molecule has 1 N–H and O–H groups in total. The predicted octanol–water partition coefficient (Wildman–Crippen LogP) is 2.42. The van der Waals surface area contributed by atoms with Crippen molar-refractivity contribution >= 4 is 11.8 Å². The third-order valence-corrected chi connectivity index (χ3v) is 3.81. The van der Waals surface area contributed by atoms with Crippen LogP contribution in [0, 0.1) is 0 Å². The van der Waals surface area contributed by atoms with Crippen LogP contribution in [0.5, 0.6) is 0 Å². The second-order valence-electron chi connectivity index (χ2n) is 6.49. The Hall–Kier alpha value is -1.69. The lowest BCUT2D eigenvalue weighted by molar-refractivity contribution is -0.0355. The first-order valence-corrected chi connectivity index (χ1v) is 7.32. The Morgan fingerprint density at radius 2 is 2.05 bits per heavy atom. The topological polar surface area (TPSA) is 67.3 Å². The van der Waals surface area contributed by atoms with Gasteiger partial charge in [-0.3, -0.25) is 5.32 Å². The lowest BCUT2D eigenvalue weighted by atomic mass is 9.92. The molecule has 6 nitrogen and oxygen atoms in total. The monoisotopic (exact) mass is 292 g/mol. The molecule has 1 saturated heterocycles. The molecule has 2 rings (SSSR count). The molecule has 0 unspecified atom stereocenters. The smallest absolute Gasteiger partial charge is 0.323 e. The van der Waals surface area contributed by atoms with Gasteiger partial charge in [-0.25, -0.2) is 4.79 Å². The summed E-state index contributed by atoms with van der Waals surface area (Å²) in [5.41, 5.74) is 0.845. The SMILES string of the molecule is C[C@@H]1OCCN(C(=O)Nc2ccc(C(C)(C)C)nn2)[C@@H]1C. The highest BCUT2D eigenvalue weighted by molar-refractivity contribution is 5.88. The summed E-state index contributed by atoms with van der Waals surface area (Å²) in [6.07, 6.45) is 0.0406. The molecule has 0 radical (unpaired) electrons. The van der Waals surface area contributed by atoms with Gasteiger partial charge in [-0.05, 0) is 26.0 Å². The van der Waals surface area contributed by atoms with Crippen LogP contribution in [-0.2, 0) is 10.2 Å². The van der Waals surface area contributed by atoms with E-state index in [0.29, 0.717) is 19.0 Å². The van der Waals surface area contributed by atoms with Gasteiger partial charge in [0.15, 0.2) is 5.82 Å². The number of carbonyl (C=O) groups is 1. The summed E-state index contributed by atoms with van der Waals surface area (Å²) in [6.45, 7) is 11.3. The number of carbonyl (C=O) groups excluding carboxylic acids is 1. The third-order valence-electron chi connectivity index (χ3n) is 3.81. The molecule has 21 heavy (non-hydrogen) atoms. The van der Waals surface area contributed by atoms with E-state index in [1.807, 2.05) is 19.9 Å². The highest BCUT2D eigenvalue weighted by Crippen LogP contribution is 2.20. The molecule has 0 saturated carbocycles. The molecule has 0 aromatic carbocycles. The van der Waals surface area contributed by atoms with Gasteiger partial charge in [0.2, 0.25) is 0 Å². The fourth-order valence-electron chi connectivity index (χ4n) is 2.20. The molecule has 0 spiro atoms. The zero-order valence-electron chi connectivity index (χ0n) is 13.4. The van der Waals surface area contributed by atoms with Gasteiger partial charge in [0.05, 0.1) is 24.4 Å². The van der Waals surface area contributed by atoms with Gasteiger partial charge in [0.1, 0.15) is 0 Å². The van der Waals surface area contributed by atoms with Crippen molar-refractivity contribution in [3.8, 4) is 0 Å². The number of hydrogen-bond acceptors (Lipinski definition) is 4. The zero-order chi connectivity index (χ0) is 15.6. The van der Waals surface area contributed by atoms with Crippen molar-refractivity contribution in [1.82, 2.24) is 15.1 Å². The van der Waals surface area contributed by atoms with Crippen molar-refractivity contribution in [2.45, 2.75) is 52.2 Å². The Balaban J connectivity index is 2.02. The van der Waals surface area contributed by atoms with Gasteiger partial charge < -0.3 is 9.64 Å². The molecule has 0 bridgehead atoms. The van der Waals surface area contributed by atoms with Gasteiger partial charge in [-0.1, -0.05) is 20.8 Å². The van der Waals surface area contributed by atoms with Crippen LogP contribution >= 0.6 is 0 Å². The average molecular weight is 292 g/mol. The van der Waals surface area contributed by atoms with Gasteiger partial charge in [-0.2, -0.15) is 5.10 Å². The molecule has 1 fully saturated rings. The third kappa shape index (κ3) is 3.69. The largest absolute Gasteiger partial charge is 0.375 e. The van der Waals surface area contributed by atoms with Crippen LogP contribution in [0.3, 0.4) is 0 Å². The number of hydrogen-bond donors (Lipinski definition) is 1. The van der Waals surface area contributed by atoms with E-state index in [9.17, 15) is 4.79 Å². The fraction of sp³-hybridized carbons (Fsp3) is 0.667. The molecule has 1 aliphatic rings. The van der Waals surface area contributed by atoms with Crippen LogP contribution in [0.1, 0.15) is 40.3 Å². The molecule has 2 heterocycles. The van der Waals surface area contributed by atoms with Crippen LogP contribution in [0.2, 0.25) is 0 Å². The molecule has 6 heteroatoms. The maximum Gasteiger partial charge on any atom is 0.323 e. The van der Waals surface area contributed by atoms with Gasteiger partial charge >= 0.3 is 6.03 Å². The predicted molar refractivity (Wildman–Crippen MR) is 81.3 cm³/mol. The second kappa shape index (κ2) is 5.97. The summed E-state index contributed by atoms with van der Waals surface area (Å²) in [4.78, 5) is 14.1. The van der Waals surface area contributed by atoms with E-state index in [0.717, 1.165) is 5.69 Å². The second-order valence-corrected chi connectivity index (χ2v) is 6.49. The Kier molecular flexibility index (Phi) is 4.46. The fourth-order valence-corrected chi connectivity index (χ4v) is 2.20. The minimum Gasteiger partial charge on any atom is -0.375 e. The normalized spacial score (nSPS) is 23.0. The summed E-state index contributed by atoms with van der Waals surface area (Å²) in [5, 5.41) is 11.1. The van der Waals surface area contributed by atoms with Gasteiger partial charge in [0.25, 0.3) is 0 Å². The molecule has 1 aromatic rings. The van der Waals surface area contributed by atoms with Crippen molar-refractivity contribution in [2.24, 2.45) is 0 Å². The van der Waals surface area contributed by atoms with Crippen LogP contribution < -0.4 is 5.32 Å². The molecule has 116 valence electrons. The van der Waals surface area contributed by atoms with Crippen molar-refractivity contribution in [3.63, 3.8) is 0 Å². The average Bonchev–Trinajstić information content (AvgIpc) is 2.41. The van der Waals surface area contributed by atoms with Crippen LogP contribution in [0.4, 0.5) is 10.6 Å². The number of amides is 2. The van der Waals surface area contributed by atoms with E-state index < -0.39 is 0 Å². The van der Waals surface area contributed by atoms with E-state index in [2.05, 4.69) is 36.3 Å². The molecule has 1 aliphatic heterocycles. The molecule has 0 aliphatic carbocycles. The zero-order valence-corrected chi connectivity index (χ0v) is 13.4. The number of nitrogens with zero attached hydrogens (tertiary/aromatic N) is 3. The first kappa shape index (κ1) is 15.7. The Morgan fingerprint density at radius 3 is 2.62 bits per heavy atom. The first-order valence-electron chi connectivity index (χ1n) is 7.32.